The summed E-state index contributed by atoms with van der Waals surface area (Å²) in [5, 5.41) is 29.1. The van der Waals surface area contributed by atoms with Crippen LogP contribution in [0.4, 0.5) is 0 Å². The Morgan fingerprint density at radius 2 is 1.81 bits per heavy atom. The van der Waals surface area contributed by atoms with Gasteiger partial charge in [-0.1, -0.05) is 26.7 Å². The van der Waals surface area contributed by atoms with Crippen molar-refractivity contribution in [3.05, 3.63) is 23.8 Å². The highest BCUT2D eigenvalue weighted by molar-refractivity contribution is 6.04. The lowest BCUT2D eigenvalue weighted by Gasteiger charge is -2.26. The summed E-state index contributed by atoms with van der Waals surface area (Å²) in [5.41, 5.74) is -1.47. The van der Waals surface area contributed by atoms with Gasteiger partial charge in [0.15, 0.2) is 18.7 Å². The standard InChI is InChI=1S/C22H33NO8/c1-3-5-8-22(29,4-2)21(28)18-7-6-17(30-14-13-26)15-19(18)31-16-20(27)23(9-11-24)10-12-25/h6-7,13,15,24-25,29H,3-5,8-12,14,16H2,1-2H3. The van der Waals surface area contributed by atoms with E-state index < -0.39 is 23.9 Å². The molecule has 1 aromatic rings. The summed E-state index contributed by atoms with van der Waals surface area (Å²) in [7, 11) is 0. The number of rotatable bonds is 16. The maximum Gasteiger partial charge on any atom is 0.260 e. The van der Waals surface area contributed by atoms with Gasteiger partial charge >= 0.3 is 0 Å². The molecule has 0 aliphatic carbocycles. The zero-order valence-electron chi connectivity index (χ0n) is 18.2. The van der Waals surface area contributed by atoms with Crippen molar-refractivity contribution in [2.24, 2.45) is 0 Å². The minimum absolute atomic E-state index is 0.0314. The molecular formula is C22H33NO8. The molecule has 0 radical (unpaired) electrons. The number of nitrogens with zero attached hydrogens (tertiary/aromatic N) is 1. The number of hydrogen-bond donors (Lipinski definition) is 3. The molecule has 9 heteroatoms. The van der Waals surface area contributed by atoms with Gasteiger partial charge in [-0.25, -0.2) is 0 Å². The fraction of sp³-hybridized carbons (Fsp3) is 0.591. The van der Waals surface area contributed by atoms with Crippen molar-refractivity contribution in [3.8, 4) is 11.5 Å². The second-order valence-corrected chi connectivity index (χ2v) is 7.07. The molecule has 0 saturated carbocycles. The monoisotopic (exact) mass is 439 g/mol. The van der Waals surface area contributed by atoms with E-state index in [-0.39, 0.29) is 56.4 Å². The van der Waals surface area contributed by atoms with Gasteiger partial charge in [0, 0.05) is 19.2 Å². The molecule has 31 heavy (non-hydrogen) atoms. The fourth-order valence-electron chi connectivity index (χ4n) is 3.03. The Balaban J connectivity index is 3.17. The third-order valence-corrected chi connectivity index (χ3v) is 4.91. The van der Waals surface area contributed by atoms with E-state index >= 15 is 0 Å². The lowest BCUT2D eigenvalue weighted by Crippen LogP contribution is -2.40. The predicted molar refractivity (Wildman–Crippen MR) is 113 cm³/mol. The molecule has 0 heterocycles. The number of ether oxygens (including phenoxy) is 2. The maximum absolute atomic E-state index is 13.1. The van der Waals surface area contributed by atoms with E-state index in [1.165, 1.54) is 23.1 Å². The number of ketones is 1. The average Bonchev–Trinajstić information content (AvgIpc) is 2.78. The van der Waals surface area contributed by atoms with Crippen LogP contribution in [-0.4, -0.2) is 83.3 Å². The number of aliphatic hydroxyl groups excluding tert-OH is 2. The zero-order valence-corrected chi connectivity index (χ0v) is 18.2. The van der Waals surface area contributed by atoms with Gasteiger partial charge in [0.1, 0.15) is 23.7 Å². The molecule has 1 aromatic carbocycles. The van der Waals surface area contributed by atoms with E-state index in [1.807, 2.05) is 6.92 Å². The van der Waals surface area contributed by atoms with Crippen LogP contribution >= 0.6 is 0 Å². The van der Waals surface area contributed by atoms with Gasteiger partial charge in [0.25, 0.3) is 5.91 Å². The Hall–Kier alpha value is -2.49. The van der Waals surface area contributed by atoms with Crippen molar-refractivity contribution < 1.29 is 39.2 Å². The van der Waals surface area contributed by atoms with Gasteiger partial charge in [-0.2, -0.15) is 0 Å². The van der Waals surface area contributed by atoms with Crippen molar-refractivity contribution >= 4 is 18.0 Å². The largest absolute Gasteiger partial charge is 0.486 e. The minimum Gasteiger partial charge on any atom is -0.486 e. The first-order valence-corrected chi connectivity index (χ1v) is 10.5. The summed E-state index contributed by atoms with van der Waals surface area (Å²) in [4.78, 5) is 37.4. The van der Waals surface area contributed by atoms with Gasteiger partial charge in [-0.15, -0.1) is 0 Å². The van der Waals surface area contributed by atoms with E-state index in [9.17, 15) is 19.5 Å². The Morgan fingerprint density at radius 3 is 2.35 bits per heavy atom. The molecule has 3 N–H and O–H groups in total. The second-order valence-electron chi connectivity index (χ2n) is 7.07. The van der Waals surface area contributed by atoms with Gasteiger partial charge in [0.05, 0.1) is 18.8 Å². The van der Waals surface area contributed by atoms with Crippen molar-refractivity contribution in [2.75, 3.05) is 39.5 Å². The highest BCUT2D eigenvalue weighted by Crippen LogP contribution is 2.31. The van der Waals surface area contributed by atoms with E-state index in [0.717, 1.165) is 6.42 Å². The first-order valence-electron chi connectivity index (χ1n) is 10.5. The molecular weight excluding hydrogens is 406 g/mol. The quantitative estimate of drug-likeness (QED) is 0.256. The number of aliphatic hydroxyl groups is 3. The van der Waals surface area contributed by atoms with Gasteiger partial charge in [-0.3, -0.25) is 14.4 Å². The number of carbonyl (C=O) groups is 3. The molecule has 9 nitrogen and oxygen atoms in total. The SMILES string of the molecule is CCCCC(O)(CC)C(=O)c1ccc(OCC=O)cc1OCC(=O)N(CCO)CCO. The molecule has 0 aliphatic rings. The molecule has 0 saturated heterocycles. The number of unbranched alkanes of at least 4 members (excludes halogenated alkanes) is 1. The summed E-state index contributed by atoms with van der Waals surface area (Å²) in [5.74, 6) is -0.701. The van der Waals surface area contributed by atoms with E-state index in [4.69, 9.17) is 19.7 Å². The summed E-state index contributed by atoms with van der Waals surface area (Å²) in [6, 6.07) is 4.32. The maximum atomic E-state index is 13.1. The number of hydrogen-bond acceptors (Lipinski definition) is 8. The Morgan fingerprint density at radius 1 is 1.13 bits per heavy atom. The molecule has 0 fully saturated rings. The summed E-state index contributed by atoms with van der Waals surface area (Å²) in [6.07, 6.45) is 2.57. The van der Waals surface area contributed by atoms with Gasteiger partial charge in [0.2, 0.25) is 0 Å². The van der Waals surface area contributed by atoms with Crippen LogP contribution < -0.4 is 9.47 Å². The third kappa shape index (κ3) is 7.93. The molecule has 1 atom stereocenters. The Kier molecular flexibility index (Phi) is 11.8. The van der Waals surface area contributed by atoms with E-state index in [1.54, 1.807) is 6.92 Å². The highest BCUT2D eigenvalue weighted by Gasteiger charge is 2.36. The molecule has 0 aromatic heterocycles. The van der Waals surface area contributed by atoms with Crippen LogP contribution in [0.1, 0.15) is 49.9 Å². The molecule has 1 unspecified atom stereocenters. The van der Waals surface area contributed by atoms with Crippen molar-refractivity contribution in [2.45, 2.75) is 45.1 Å². The third-order valence-electron chi connectivity index (χ3n) is 4.91. The van der Waals surface area contributed by atoms with Crippen molar-refractivity contribution in [3.63, 3.8) is 0 Å². The van der Waals surface area contributed by atoms with Crippen LogP contribution in [0.2, 0.25) is 0 Å². The fourth-order valence-corrected chi connectivity index (χ4v) is 3.03. The molecule has 0 spiro atoms. The van der Waals surface area contributed by atoms with E-state index in [2.05, 4.69) is 0 Å². The topological polar surface area (TPSA) is 134 Å². The second kappa shape index (κ2) is 13.7. The Bertz CT molecular complexity index is 717. The first-order chi connectivity index (χ1) is 14.9. The number of Topliss-reactive ketones (excluding diaryl/α,β-unsaturated/α-hetero) is 1. The molecule has 1 rings (SSSR count). The molecule has 174 valence electrons. The van der Waals surface area contributed by atoms with Crippen molar-refractivity contribution in [1.29, 1.82) is 0 Å². The van der Waals surface area contributed by atoms with Crippen LogP contribution in [0.5, 0.6) is 11.5 Å². The first kappa shape index (κ1) is 26.5. The summed E-state index contributed by atoms with van der Waals surface area (Å²) < 4.78 is 10.9. The Labute approximate surface area is 182 Å². The van der Waals surface area contributed by atoms with Crippen LogP contribution in [0, 0.1) is 0 Å². The zero-order chi connectivity index (χ0) is 23.3. The van der Waals surface area contributed by atoms with Gasteiger partial charge in [-0.05, 0) is 25.0 Å². The van der Waals surface area contributed by atoms with Gasteiger partial charge < -0.3 is 29.7 Å². The molecule has 1 amide bonds. The number of benzene rings is 1. The van der Waals surface area contributed by atoms with Crippen LogP contribution in [0.15, 0.2) is 18.2 Å². The van der Waals surface area contributed by atoms with Crippen LogP contribution in [-0.2, 0) is 9.59 Å². The number of amides is 1. The minimum atomic E-state index is -1.57. The average molecular weight is 440 g/mol. The smallest absolute Gasteiger partial charge is 0.260 e. The predicted octanol–water partition coefficient (Wildman–Crippen LogP) is 0.970. The summed E-state index contributed by atoms with van der Waals surface area (Å²) in [6.45, 7) is 2.56. The van der Waals surface area contributed by atoms with Crippen molar-refractivity contribution in [1.82, 2.24) is 4.90 Å². The number of aldehydes is 1. The lowest BCUT2D eigenvalue weighted by atomic mass is 9.85. The molecule has 0 bridgehead atoms. The number of carbonyl (C=O) groups excluding carboxylic acids is 3. The lowest BCUT2D eigenvalue weighted by molar-refractivity contribution is -0.134. The summed E-state index contributed by atoms with van der Waals surface area (Å²) >= 11 is 0. The van der Waals surface area contributed by atoms with Crippen LogP contribution in [0.25, 0.3) is 0 Å². The highest BCUT2D eigenvalue weighted by atomic mass is 16.5. The van der Waals surface area contributed by atoms with E-state index in [0.29, 0.717) is 19.1 Å². The normalized spacial score (nSPS) is 12.7. The molecule has 0 aliphatic heterocycles. The van der Waals surface area contributed by atoms with Crippen LogP contribution in [0.3, 0.4) is 0 Å².